The number of hydrogen-bond donors (Lipinski definition) is 2. The van der Waals surface area contributed by atoms with E-state index in [1.54, 1.807) is 12.4 Å². The molecule has 5 heteroatoms. The van der Waals surface area contributed by atoms with Gasteiger partial charge in [0, 0.05) is 18.0 Å². The fraction of sp³-hybridized carbons (Fsp3) is 0.500. The van der Waals surface area contributed by atoms with Crippen molar-refractivity contribution >= 4 is 39.1 Å². The van der Waals surface area contributed by atoms with Crippen molar-refractivity contribution in [2.75, 3.05) is 23.9 Å². The van der Waals surface area contributed by atoms with Gasteiger partial charge in [0.15, 0.2) is 0 Å². The van der Waals surface area contributed by atoms with Crippen molar-refractivity contribution in [3.8, 4) is 0 Å². The number of nitrogens with zero attached hydrogens (tertiary/aromatic N) is 1. The molecule has 0 radical (unpaired) electrons. The molecule has 15 heavy (non-hydrogen) atoms. The number of aromatic nitrogens is 1. The van der Waals surface area contributed by atoms with Crippen LogP contribution in [0.5, 0.6) is 0 Å². The zero-order chi connectivity index (χ0) is 11.3. The van der Waals surface area contributed by atoms with Crippen LogP contribution in [0.3, 0.4) is 0 Å². The van der Waals surface area contributed by atoms with E-state index in [1.165, 1.54) is 0 Å². The Morgan fingerprint density at radius 1 is 1.60 bits per heavy atom. The molecule has 0 fully saturated rings. The number of hydrogen-bond acceptors (Lipinski definition) is 4. The minimum atomic E-state index is 0.666. The van der Waals surface area contributed by atoms with Crippen LogP contribution in [0.4, 0.5) is 11.4 Å². The van der Waals surface area contributed by atoms with Crippen LogP contribution in [0.1, 0.15) is 13.3 Å². The lowest BCUT2D eigenvalue weighted by Gasteiger charge is -2.12. The normalized spacial score (nSPS) is 12.5. The van der Waals surface area contributed by atoms with Crippen molar-refractivity contribution in [1.82, 2.24) is 4.98 Å². The second kappa shape index (κ2) is 6.23. The van der Waals surface area contributed by atoms with Gasteiger partial charge in [-0.1, -0.05) is 6.92 Å². The second-order valence-electron chi connectivity index (χ2n) is 3.35. The summed E-state index contributed by atoms with van der Waals surface area (Å²) in [6.07, 6.45) is 6.65. The van der Waals surface area contributed by atoms with Crippen LogP contribution in [0, 0.1) is 0 Å². The number of thioether (sulfide) groups is 1. The third-order valence-corrected chi connectivity index (χ3v) is 3.83. The Kier molecular flexibility index (Phi) is 5.25. The standard InChI is InChI=1S/C10H16BrN3S/c1-7(15-2)3-4-14-10-8(11)5-13-6-9(10)12/h5-7H,3-4,12H2,1-2H3,(H,13,14). The van der Waals surface area contributed by atoms with Gasteiger partial charge in [-0.2, -0.15) is 11.8 Å². The van der Waals surface area contributed by atoms with Gasteiger partial charge in [-0.25, -0.2) is 0 Å². The summed E-state index contributed by atoms with van der Waals surface area (Å²) >= 11 is 5.29. The number of nitrogens with one attached hydrogen (secondary N) is 1. The average molecular weight is 290 g/mol. The van der Waals surface area contributed by atoms with Gasteiger partial charge in [-0.05, 0) is 28.6 Å². The van der Waals surface area contributed by atoms with Crippen LogP contribution in [0.15, 0.2) is 16.9 Å². The highest BCUT2D eigenvalue weighted by atomic mass is 79.9. The van der Waals surface area contributed by atoms with E-state index in [4.69, 9.17) is 5.73 Å². The molecule has 0 saturated heterocycles. The third-order valence-electron chi connectivity index (χ3n) is 2.18. The summed E-state index contributed by atoms with van der Waals surface area (Å²) in [5.74, 6) is 0. The zero-order valence-corrected chi connectivity index (χ0v) is 11.4. The molecule has 0 aromatic carbocycles. The van der Waals surface area contributed by atoms with E-state index in [2.05, 4.69) is 39.4 Å². The van der Waals surface area contributed by atoms with Crippen molar-refractivity contribution in [1.29, 1.82) is 0 Å². The van der Waals surface area contributed by atoms with Crippen LogP contribution in [0.2, 0.25) is 0 Å². The Morgan fingerprint density at radius 3 is 2.93 bits per heavy atom. The Hall–Kier alpha value is -0.420. The second-order valence-corrected chi connectivity index (χ2v) is 5.48. The van der Waals surface area contributed by atoms with Gasteiger partial charge in [0.1, 0.15) is 0 Å². The van der Waals surface area contributed by atoms with E-state index < -0.39 is 0 Å². The van der Waals surface area contributed by atoms with Crippen molar-refractivity contribution < 1.29 is 0 Å². The lowest BCUT2D eigenvalue weighted by Crippen LogP contribution is -2.09. The number of nitrogens with two attached hydrogens (primary N) is 1. The summed E-state index contributed by atoms with van der Waals surface area (Å²) in [5, 5.41) is 3.99. The summed E-state index contributed by atoms with van der Waals surface area (Å²) in [6.45, 7) is 3.14. The minimum absolute atomic E-state index is 0.666. The third kappa shape index (κ3) is 3.91. The molecule has 0 spiro atoms. The van der Waals surface area contributed by atoms with Gasteiger partial charge in [0.25, 0.3) is 0 Å². The summed E-state index contributed by atoms with van der Waals surface area (Å²) in [5.41, 5.74) is 7.44. The highest BCUT2D eigenvalue weighted by Crippen LogP contribution is 2.27. The Bertz CT molecular complexity index is 299. The minimum Gasteiger partial charge on any atom is -0.396 e. The molecular weight excluding hydrogens is 274 g/mol. The molecule has 1 heterocycles. The van der Waals surface area contributed by atoms with Crippen molar-refractivity contribution in [3.63, 3.8) is 0 Å². The summed E-state index contributed by atoms with van der Waals surface area (Å²) in [6, 6.07) is 0. The van der Waals surface area contributed by atoms with Gasteiger partial charge >= 0.3 is 0 Å². The van der Waals surface area contributed by atoms with Gasteiger partial charge < -0.3 is 11.1 Å². The molecule has 1 aromatic heterocycles. The first kappa shape index (κ1) is 12.6. The first-order valence-corrected chi connectivity index (χ1v) is 6.89. The van der Waals surface area contributed by atoms with Crippen LogP contribution >= 0.6 is 27.7 Å². The molecule has 0 bridgehead atoms. The zero-order valence-electron chi connectivity index (χ0n) is 8.96. The molecule has 1 aromatic rings. The predicted octanol–water partition coefficient (Wildman–Crippen LogP) is 2.98. The van der Waals surface area contributed by atoms with Crippen LogP contribution in [-0.2, 0) is 0 Å². The molecule has 0 aliphatic rings. The monoisotopic (exact) mass is 289 g/mol. The molecule has 84 valence electrons. The first-order chi connectivity index (χ1) is 7.15. The quantitative estimate of drug-likeness (QED) is 0.875. The van der Waals surface area contributed by atoms with E-state index in [9.17, 15) is 0 Å². The maximum Gasteiger partial charge on any atom is 0.0750 e. The summed E-state index contributed by atoms with van der Waals surface area (Å²) < 4.78 is 0.916. The Labute approximate surface area is 103 Å². The van der Waals surface area contributed by atoms with Crippen LogP contribution in [0.25, 0.3) is 0 Å². The van der Waals surface area contributed by atoms with Crippen molar-refractivity contribution in [3.05, 3.63) is 16.9 Å². The van der Waals surface area contributed by atoms with Crippen LogP contribution < -0.4 is 11.1 Å². The molecule has 0 saturated carbocycles. The fourth-order valence-corrected chi connectivity index (χ4v) is 2.00. The predicted molar refractivity (Wildman–Crippen MR) is 72.4 cm³/mol. The van der Waals surface area contributed by atoms with E-state index >= 15 is 0 Å². The lowest BCUT2D eigenvalue weighted by molar-refractivity contribution is 0.853. The molecule has 1 unspecified atom stereocenters. The number of anilines is 2. The Balaban J connectivity index is 2.50. The molecule has 3 nitrogen and oxygen atoms in total. The number of nitrogen functional groups attached to an aromatic ring is 1. The van der Waals surface area contributed by atoms with Crippen molar-refractivity contribution in [2.45, 2.75) is 18.6 Å². The molecule has 3 N–H and O–H groups in total. The molecule has 1 rings (SSSR count). The van der Waals surface area contributed by atoms with E-state index in [-0.39, 0.29) is 0 Å². The molecule has 0 aliphatic carbocycles. The summed E-state index contributed by atoms with van der Waals surface area (Å²) in [7, 11) is 0. The van der Waals surface area contributed by atoms with E-state index in [0.29, 0.717) is 10.9 Å². The molecule has 1 atom stereocenters. The molecule has 0 aliphatic heterocycles. The van der Waals surface area contributed by atoms with Gasteiger partial charge in [-0.3, -0.25) is 4.98 Å². The van der Waals surface area contributed by atoms with E-state index in [1.807, 2.05) is 11.8 Å². The molecular formula is C10H16BrN3S. The SMILES string of the molecule is CSC(C)CCNc1c(N)cncc1Br. The topological polar surface area (TPSA) is 50.9 Å². The lowest BCUT2D eigenvalue weighted by atomic mass is 10.3. The van der Waals surface area contributed by atoms with Crippen molar-refractivity contribution in [2.24, 2.45) is 0 Å². The molecule has 0 amide bonds. The Morgan fingerprint density at radius 2 is 2.33 bits per heavy atom. The van der Waals surface area contributed by atoms with Gasteiger partial charge in [0.2, 0.25) is 0 Å². The number of pyridine rings is 1. The smallest absolute Gasteiger partial charge is 0.0750 e. The largest absolute Gasteiger partial charge is 0.396 e. The van der Waals surface area contributed by atoms with E-state index in [0.717, 1.165) is 23.1 Å². The highest BCUT2D eigenvalue weighted by molar-refractivity contribution is 9.10. The van der Waals surface area contributed by atoms with Crippen LogP contribution in [-0.4, -0.2) is 23.0 Å². The van der Waals surface area contributed by atoms with Gasteiger partial charge in [0.05, 0.1) is 22.0 Å². The maximum absolute atomic E-state index is 5.81. The highest BCUT2D eigenvalue weighted by Gasteiger charge is 2.04. The average Bonchev–Trinajstić information content (AvgIpc) is 2.22. The maximum atomic E-state index is 5.81. The number of halogens is 1. The fourth-order valence-electron chi connectivity index (χ4n) is 1.15. The number of rotatable bonds is 5. The summed E-state index contributed by atoms with van der Waals surface area (Å²) in [4.78, 5) is 3.99. The first-order valence-electron chi connectivity index (χ1n) is 4.80. The van der Waals surface area contributed by atoms with Gasteiger partial charge in [-0.15, -0.1) is 0 Å².